The van der Waals surface area contributed by atoms with Crippen LogP contribution in [0.15, 0.2) is 18.6 Å². The first-order valence-corrected chi connectivity index (χ1v) is 9.59. The van der Waals surface area contributed by atoms with E-state index >= 15 is 0 Å². The Morgan fingerprint density at radius 1 is 1.35 bits per heavy atom. The van der Waals surface area contributed by atoms with Crippen LogP contribution in [0.2, 0.25) is 0 Å². The molecule has 0 radical (unpaired) electrons. The van der Waals surface area contributed by atoms with Crippen molar-refractivity contribution in [1.82, 2.24) is 19.9 Å². The van der Waals surface area contributed by atoms with Gasteiger partial charge in [0.1, 0.15) is 27.6 Å². The van der Waals surface area contributed by atoms with E-state index in [0.717, 1.165) is 16.9 Å². The Balaban J connectivity index is 1.74. The maximum atomic E-state index is 11.3. The van der Waals surface area contributed by atoms with Crippen LogP contribution in [0.3, 0.4) is 0 Å². The summed E-state index contributed by atoms with van der Waals surface area (Å²) in [4.78, 5) is 15.6. The quantitative estimate of drug-likeness (QED) is 0.773. The normalized spacial score (nSPS) is 20.8. The van der Waals surface area contributed by atoms with Gasteiger partial charge >= 0.3 is 0 Å². The van der Waals surface area contributed by atoms with E-state index in [9.17, 15) is 13.5 Å². The van der Waals surface area contributed by atoms with Gasteiger partial charge in [-0.05, 0) is 6.07 Å². The molecule has 1 atom stereocenters. The van der Waals surface area contributed by atoms with Gasteiger partial charge in [-0.2, -0.15) is 0 Å². The lowest BCUT2D eigenvalue weighted by Crippen LogP contribution is -2.36. The molecule has 2 aromatic rings. The van der Waals surface area contributed by atoms with Crippen molar-refractivity contribution in [3.05, 3.63) is 18.6 Å². The Morgan fingerprint density at radius 2 is 2.17 bits per heavy atom. The van der Waals surface area contributed by atoms with E-state index in [1.807, 2.05) is 22.1 Å². The van der Waals surface area contributed by atoms with Crippen LogP contribution in [-0.4, -0.2) is 84.2 Å². The molecule has 1 aliphatic rings. The highest BCUT2D eigenvalue weighted by atomic mass is 32.2. The Hall–Kier alpha value is -1.71. The van der Waals surface area contributed by atoms with Gasteiger partial charge in [0.15, 0.2) is 0 Å². The molecule has 0 amide bonds. The zero-order valence-electron chi connectivity index (χ0n) is 13.0. The first-order chi connectivity index (χ1) is 10.9. The third kappa shape index (κ3) is 3.98. The Morgan fingerprint density at radius 3 is 2.96 bits per heavy atom. The predicted octanol–water partition coefficient (Wildman–Crippen LogP) is -0.515. The van der Waals surface area contributed by atoms with Gasteiger partial charge in [0, 0.05) is 45.2 Å². The van der Waals surface area contributed by atoms with Gasteiger partial charge in [-0.15, -0.1) is 0 Å². The van der Waals surface area contributed by atoms with Crippen LogP contribution in [0, 0.1) is 0 Å². The molecule has 1 fully saturated rings. The number of hydrogen-bond donors (Lipinski definition) is 2. The third-order valence-electron chi connectivity index (χ3n) is 4.00. The van der Waals surface area contributed by atoms with Crippen LogP contribution < -0.4 is 4.90 Å². The fourth-order valence-electron chi connectivity index (χ4n) is 2.86. The van der Waals surface area contributed by atoms with E-state index in [1.54, 1.807) is 0 Å². The molecule has 3 heterocycles. The average molecular weight is 339 g/mol. The molecule has 0 saturated carbocycles. The number of aliphatic hydroxyl groups excluding tert-OH is 1. The number of sulfone groups is 1. The van der Waals surface area contributed by atoms with Gasteiger partial charge in [-0.25, -0.2) is 18.4 Å². The number of fused-ring (bicyclic) bond motifs is 1. The van der Waals surface area contributed by atoms with E-state index in [4.69, 9.17) is 0 Å². The molecule has 1 saturated heterocycles. The summed E-state index contributed by atoms with van der Waals surface area (Å²) in [6, 6.07) is 1.92. The van der Waals surface area contributed by atoms with E-state index in [-0.39, 0.29) is 5.75 Å². The molecular formula is C14H21N5O3S. The Kier molecular flexibility index (Phi) is 4.51. The molecule has 2 aromatic heterocycles. The van der Waals surface area contributed by atoms with Crippen LogP contribution in [0.1, 0.15) is 0 Å². The van der Waals surface area contributed by atoms with Gasteiger partial charge in [0.05, 0.1) is 17.2 Å². The molecule has 9 heteroatoms. The second-order valence-corrected chi connectivity index (χ2v) is 8.23. The van der Waals surface area contributed by atoms with Gasteiger partial charge in [-0.1, -0.05) is 0 Å². The smallest absolute Gasteiger partial charge is 0.148 e. The first kappa shape index (κ1) is 16.2. The summed E-state index contributed by atoms with van der Waals surface area (Å²) in [5.41, 5.74) is 0.766. The minimum Gasteiger partial charge on any atom is -0.390 e. The summed E-state index contributed by atoms with van der Waals surface area (Å²) in [6.07, 6.45) is 4.00. The lowest BCUT2D eigenvalue weighted by atomic mass is 10.3. The molecule has 0 unspecified atom stereocenters. The number of aliphatic hydroxyl groups is 1. The molecule has 0 aromatic carbocycles. The number of nitrogens with zero attached hydrogens (tertiary/aromatic N) is 4. The molecular weight excluding hydrogens is 318 g/mol. The highest BCUT2D eigenvalue weighted by Gasteiger charge is 2.24. The number of aromatic amines is 1. The van der Waals surface area contributed by atoms with Crippen molar-refractivity contribution < 1.29 is 13.5 Å². The van der Waals surface area contributed by atoms with E-state index < -0.39 is 15.9 Å². The summed E-state index contributed by atoms with van der Waals surface area (Å²) in [6.45, 7) is 2.73. The summed E-state index contributed by atoms with van der Waals surface area (Å²) < 4.78 is 22.6. The second-order valence-electron chi connectivity index (χ2n) is 5.97. The number of hydrogen-bond acceptors (Lipinski definition) is 7. The van der Waals surface area contributed by atoms with Crippen molar-refractivity contribution in [2.45, 2.75) is 6.10 Å². The van der Waals surface area contributed by atoms with Crippen LogP contribution in [0.4, 0.5) is 5.82 Å². The van der Waals surface area contributed by atoms with E-state index in [2.05, 4.69) is 15.0 Å². The number of rotatable bonds is 4. The Bertz CT molecular complexity index is 776. The summed E-state index contributed by atoms with van der Waals surface area (Å²) in [5.74, 6) is 0.898. The van der Waals surface area contributed by atoms with Crippen molar-refractivity contribution >= 4 is 26.7 Å². The van der Waals surface area contributed by atoms with Gasteiger partial charge in [-0.3, -0.25) is 4.90 Å². The monoisotopic (exact) mass is 339 g/mol. The van der Waals surface area contributed by atoms with Crippen molar-refractivity contribution in [2.24, 2.45) is 0 Å². The third-order valence-corrected chi connectivity index (χ3v) is 4.92. The summed E-state index contributed by atoms with van der Waals surface area (Å²) in [5, 5.41) is 11.2. The fourth-order valence-corrected chi connectivity index (χ4v) is 3.45. The fraction of sp³-hybridized carbons (Fsp3) is 0.571. The van der Waals surface area contributed by atoms with Crippen LogP contribution in [-0.2, 0) is 9.84 Å². The molecule has 23 heavy (non-hydrogen) atoms. The number of β-amino-alcohol motifs (C(OH)–C–C–N with tert-alkyl or cyclic N) is 1. The van der Waals surface area contributed by atoms with Crippen LogP contribution in [0.25, 0.3) is 11.0 Å². The zero-order chi connectivity index (χ0) is 16.4. The molecule has 8 nitrogen and oxygen atoms in total. The molecule has 3 rings (SSSR count). The molecule has 0 aliphatic carbocycles. The van der Waals surface area contributed by atoms with Crippen molar-refractivity contribution in [3.63, 3.8) is 0 Å². The molecule has 2 N–H and O–H groups in total. The van der Waals surface area contributed by atoms with Gasteiger partial charge in [0.2, 0.25) is 0 Å². The predicted molar refractivity (Wildman–Crippen MR) is 88.3 cm³/mol. The molecule has 1 aliphatic heterocycles. The topological polar surface area (TPSA) is 102 Å². The number of anilines is 1. The van der Waals surface area contributed by atoms with Crippen molar-refractivity contribution in [1.29, 1.82) is 0 Å². The van der Waals surface area contributed by atoms with Gasteiger partial charge < -0.3 is 15.0 Å². The van der Waals surface area contributed by atoms with E-state index in [0.29, 0.717) is 32.7 Å². The summed E-state index contributed by atoms with van der Waals surface area (Å²) >= 11 is 0. The number of H-pyrrole nitrogens is 1. The number of aromatic nitrogens is 3. The minimum atomic E-state index is -3.00. The van der Waals surface area contributed by atoms with Crippen molar-refractivity contribution in [2.75, 3.05) is 49.6 Å². The lowest BCUT2D eigenvalue weighted by Gasteiger charge is -2.23. The van der Waals surface area contributed by atoms with Gasteiger partial charge in [0.25, 0.3) is 0 Å². The molecule has 126 valence electrons. The SMILES string of the molecule is CS(=O)(=O)CCN1CCN(c2ncnc3[nH]ccc23)C[C@H](O)C1. The van der Waals surface area contributed by atoms with Crippen LogP contribution in [0.5, 0.6) is 0 Å². The van der Waals surface area contributed by atoms with E-state index in [1.165, 1.54) is 12.6 Å². The first-order valence-electron chi connectivity index (χ1n) is 7.53. The minimum absolute atomic E-state index is 0.106. The second kappa shape index (κ2) is 6.42. The van der Waals surface area contributed by atoms with Crippen LogP contribution >= 0.6 is 0 Å². The lowest BCUT2D eigenvalue weighted by molar-refractivity contribution is 0.136. The summed E-state index contributed by atoms with van der Waals surface area (Å²) in [7, 11) is -3.00. The highest BCUT2D eigenvalue weighted by molar-refractivity contribution is 7.90. The number of nitrogens with one attached hydrogen (secondary N) is 1. The molecule has 0 spiro atoms. The zero-order valence-corrected chi connectivity index (χ0v) is 13.8. The maximum Gasteiger partial charge on any atom is 0.148 e. The van der Waals surface area contributed by atoms with Crippen molar-refractivity contribution in [3.8, 4) is 0 Å². The highest BCUT2D eigenvalue weighted by Crippen LogP contribution is 2.23. The largest absolute Gasteiger partial charge is 0.390 e. The average Bonchev–Trinajstić information content (AvgIpc) is 2.88. The Labute approximate surface area is 135 Å². The maximum absolute atomic E-state index is 11.3. The standard InChI is InChI=1S/C14H21N5O3S/c1-23(21,22)7-6-18-4-5-19(9-11(20)8-18)14-12-2-3-15-13(12)16-10-17-14/h2-3,10-11,20H,4-9H2,1H3,(H,15,16,17)/t11-/m1/s1. The molecule has 0 bridgehead atoms.